The van der Waals surface area contributed by atoms with Crippen LogP contribution in [-0.4, -0.2) is 38.5 Å². The smallest absolute Gasteiger partial charge is 0.376 e. The maximum absolute atomic E-state index is 13.1. The average Bonchev–Trinajstić information content (AvgIpc) is 2.74. The Morgan fingerprint density at radius 1 is 1.09 bits per heavy atom. The summed E-state index contributed by atoms with van der Waals surface area (Å²) in [4.78, 5) is 12.3. The molecule has 0 bridgehead atoms. The summed E-state index contributed by atoms with van der Waals surface area (Å²) in [6.07, 6.45) is 0.344. The van der Waals surface area contributed by atoms with E-state index < -0.39 is 33.4 Å². The zero-order valence-corrected chi connectivity index (χ0v) is 18.5. The molecule has 32 heavy (non-hydrogen) atoms. The number of benzene rings is 1. The lowest BCUT2D eigenvalue weighted by atomic mass is 9.83. The Bertz CT molecular complexity index is 1050. The van der Waals surface area contributed by atoms with Crippen molar-refractivity contribution in [3.8, 4) is 0 Å². The third-order valence-electron chi connectivity index (χ3n) is 5.71. The number of pyridine rings is 1. The van der Waals surface area contributed by atoms with Gasteiger partial charge in [0.05, 0.1) is 30.6 Å². The molecule has 1 aliphatic carbocycles. The third-order valence-corrected chi connectivity index (χ3v) is 6.40. The number of rotatable bonds is 8. The van der Waals surface area contributed by atoms with Gasteiger partial charge in [0, 0.05) is 18.8 Å². The number of aromatic nitrogens is 1. The Labute approximate surface area is 185 Å². The van der Waals surface area contributed by atoms with E-state index in [0.717, 1.165) is 42.6 Å². The zero-order valence-electron chi connectivity index (χ0n) is 17.7. The van der Waals surface area contributed by atoms with Gasteiger partial charge in [-0.15, -0.1) is 0 Å². The molecular formula is C22H27F3N2O4S. The second kappa shape index (κ2) is 10.2. The molecule has 0 saturated heterocycles. The summed E-state index contributed by atoms with van der Waals surface area (Å²) < 4.78 is 71.6. The Morgan fingerprint density at radius 3 is 2.34 bits per heavy atom. The van der Waals surface area contributed by atoms with Crippen LogP contribution >= 0.6 is 0 Å². The molecule has 1 N–H and O–H groups in total. The van der Waals surface area contributed by atoms with Crippen LogP contribution in [0.15, 0.2) is 53.5 Å². The van der Waals surface area contributed by atoms with E-state index in [9.17, 15) is 26.4 Å². The lowest BCUT2D eigenvalue weighted by Crippen LogP contribution is -2.38. The van der Waals surface area contributed by atoms with E-state index in [1.54, 1.807) is 0 Å². The SMILES string of the molecule is CS(=O)(=O)NCC(CO[C@H]1CC[C@@H](c2ccccc2)CC1)n1cc(C(F)(F)F)ccc1=O. The van der Waals surface area contributed by atoms with Gasteiger partial charge in [0.1, 0.15) is 0 Å². The van der Waals surface area contributed by atoms with E-state index in [0.29, 0.717) is 18.2 Å². The Balaban J connectivity index is 1.69. The van der Waals surface area contributed by atoms with Gasteiger partial charge < -0.3 is 9.30 Å². The average molecular weight is 473 g/mol. The summed E-state index contributed by atoms with van der Waals surface area (Å²) in [5.41, 5.74) is -0.365. The highest BCUT2D eigenvalue weighted by molar-refractivity contribution is 7.88. The molecule has 1 fully saturated rings. The minimum absolute atomic E-state index is 0.0790. The quantitative estimate of drug-likeness (QED) is 0.636. The Kier molecular flexibility index (Phi) is 7.79. The molecule has 0 radical (unpaired) electrons. The second-order valence-electron chi connectivity index (χ2n) is 8.15. The van der Waals surface area contributed by atoms with E-state index in [4.69, 9.17) is 4.74 Å². The highest BCUT2D eigenvalue weighted by Gasteiger charge is 2.32. The molecule has 0 spiro atoms. The lowest BCUT2D eigenvalue weighted by Gasteiger charge is -2.30. The van der Waals surface area contributed by atoms with Gasteiger partial charge in [-0.3, -0.25) is 4.79 Å². The van der Waals surface area contributed by atoms with Crippen molar-refractivity contribution in [1.82, 2.24) is 9.29 Å². The van der Waals surface area contributed by atoms with Crippen molar-refractivity contribution in [2.45, 2.75) is 49.9 Å². The normalized spacial score (nSPS) is 20.8. The Morgan fingerprint density at radius 2 is 1.75 bits per heavy atom. The fourth-order valence-corrected chi connectivity index (χ4v) is 4.47. The number of hydrogen-bond acceptors (Lipinski definition) is 4. The van der Waals surface area contributed by atoms with Crippen LogP contribution in [0.1, 0.15) is 48.8 Å². The molecule has 0 aliphatic heterocycles. The lowest BCUT2D eigenvalue weighted by molar-refractivity contribution is -0.138. The predicted molar refractivity (Wildman–Crippen MR) is 115 cm³/mol. The van der Waals surface area contributed by atoms with Crippen LogP contribution in [0.2, 0.25) is 0 Å². The van der Waals surface area contributed by atoms with Gasteiger partial charge in [-0.25, -0.2) is 13.1 Å². The number of halogens is 3. The maximum Gasteiger partial charge on any atom is 0.417 e. The number of nitrogens with zero attached hydrogens (tertiary/aromatic N) is 1. The van der Waals surface area contributed by atoms with E-state index >= 15 is 0 Å². The highest BCUT2D eigenvalue weighted by atomic mass is 32.2. The van der Waals surface area contributed by atoms with Crippen molar-refractivity contribution in [3.05, 3.63) is 70.1 Å². The summed E-state index contributed by atoms with van der Waals surface area (Å²) in [6.45, 7) is -0.330. The molecule has 1 atom stereocenters. The van der Waals surface area contributed by atoms with E-state index in [1.807, 2.05) is 18.2 Å². The van der Waals surface area contributed by atoms with E-state index in [1.165, 1.54) is 5.56 Å². The van der Waals surface area contributed by atoms with Crippen LogP contribution < -0.4 is 10.3 Å². The molecule has 1 aromatic carbocycles. The molecule has 6 nitrogen and oxygen atoms in total. The number of sulfonamides is 1. The molecule has 1 aliphatic rings. The number of ether oxygens (including phenoxy) is 1. The topological polar surface area (TPSA) is 77.4 Å². The van der Waals surface area contributed by atoms with Crippen LogP contribution in [0.5, 0.6) is 0 Å². The van der Waals surface area contributed by atoms with Crippen LogP contribution in [0.4, 0.5) is 13.2 Å². The molecule has 1 unspecified atom stereocenters. The summed E-state index contributed by atoms with van der Waals surface area (Å²) in [6, 6.07) is 10.8. The molecule has 1 aromatic heterocycles. The summed E-state index contributed by atoms with van der Waals surface area (Å²) in [7, 11) is -3.60. The van der Waals surface area contributed by atoms with Gasteiger partial charge >= 0.3 is 6.18 Å². The van der Waals surface area contributed by atoms with Crippen LogP contribution in [0, 0.1) is 0 Å². The molecule has 1 heterocycles. The van der Waals surface area contributed by atoms with Crippen molar-refractivity contribution in [2.75, 3.05) is 19.4 Å². The minimum Gasteiger partial charge on any atom is -0.376 e. The highest BCUT2D eigenvalue weighted by Crippen LogP contribution is 2.34. The van der Waals surface area contributed by atoms with Crippen LogP contribution in [-0.2, 0) is 20.9 Å². The van der Waals surface area contributed by atoms with Gasteiger partial charge in [-0.05, 0) is 43.2 Å². The molecule has 10 heteroatoms. The number of nitrogens with one attached hydrogen (secondary N) is 1. The van der Waals surface area contributed by atoms with Crippen molar-refractivity contribution >= 4 is 10.0 Å². The summed E-state index contributed by atoms with van der Waals surface area (Å²) >= 11 is 0. The summed E-state index contributed by atoms with van der Waals surface area (Å²) in [5, 5.41) is 0. The summed E-state index contributed by atoms with van der Waals surface area (Å²) in [5.74, 6) is 0.435. The molecule has 0 amide bonds. The first-order valence-electron chi connectivity index (χ1n) is 10.4. The molecular weight excluding hydrogens is 445 g/mol. The fourth-order valence-electron chi connectivity index (χ4n) is 3.98. The van der Waals surface area contributed by atoms with E-state index in [2.05, 4.69) is 16.9 Å². The van der Waals surface area contributed by atoms with Crippen molar-refractivity contribution in [3.63, 3.8) is 0 Å². The first kappa shape index (κ1) is 24.5. The minimum atomic E-state index is -4.62. The van der Waals surface area contributed by atoms with Crippen molar-refractivity contribution in [1.29, 1.82) is 0 Å². The maximum atomic E-state index is 13.1. The molecule has 1 saturated carbocycles. The van der Waals surface area contributed by atoms with Gasteiger partial charge in [-0.1, -0.05) is 30.3 Å². The fraction of sp³-hybridized carbons (Fsp3) is 0.500. The van der Waals surface area contributed by atoms with Crippen LogP contribution in [0.3, 0.4) is 0 Å². The van der Waals surface area contributed by atoms with Gasteiger partial charge in [0.25, 0.3) is 5.56 Å². The van der Waals surface area contributed by atoms with Gasteiger partial charge in [0.15, 0.2) is 0 Å². The van der Waals surface area contributed by atoms with Gasteiger partial charge in [0.2, 0.25) is 10.0 Å². The largest absolute Gasteiger partial charge is 0.417 e. The predicted octanol–water partition coefficient (Wildman–Crippen LogP) is 3.70. The zero-order chi connectivity index (χ0) is 23.4. The van der Waals surface area contributed by atoms with Crippen LogP contribution in [0.25, 0.3) is 0 Å². The monoisotopic (exact) mass is 472 g/mol. The third kappa shape index (κ3) is 6.91. The van der Waals surface area contributed by atoms with E-state index in [-0.39, 0.29) is 19.3 Å². The Hall–Kier alpha value is -2.17. The first-order chi connectivity index (χ1) is 15.0. The van der Waals surface area contributed by atoms with Crippen molar-refractivity contribution < 1.29 is 26.3 Å². The molecule has 176 valence electrons. The second-order valence-corrected chi connectivity index (χ2v) is 9.99. The number of hydrogen-bond donors (Lipinski definition) is 1. The molecule has 3 rings (SSSR count). The number of alkyl halides is 3. The first-order valence-corrected chi connectivity index (χ1v) is 12.3. The van der Waals surface area contributed by atoms with Gasteiger partial charge in [-0.2, -0.15) is 13.2 Å². The van der Waals surface area contributed by atoms with Crippen molar-refractivity contribution in [2.24, 2.45) is 0 Å². The standard InChI is InChI=1S/C22H27F3N2O4S/c1-32(29,30)26-13-19(27-14-18(22(23,24)25)9-12-21(27)28)15-31-20-10-7-17(8-11-20)16-5-3-2-4-6-16/h2-6,9,12,14,17,19-20,26H,7-8,10-11,13,15H2,1H3/t17-,19?,20+. The molecule has 2 aromatic rings.